The molecule has 1 atom stereocenters. The first-order valence-corrected chi connectivity index (χ1v) is 5.94. The molecule has 0 radical (unpaired) electrons. The van der Waals surface area contributed by atoms with Crippen LogP contribution in [0.25, 0.3) is 0 Å². The Hall–Kier alpha value is -1.62. The smallest absolute Gasteiger partial charge is 0.409 e. The van der Waals surface area contributed by atoms with Crippen molar-refractivity contribution >= 4 is 22.5 Å². The van der Waals surface area contributed by atoms with Gasteiger partial charge in [0.2, 0.25) is 11.0 Å². The van der Waals surface area contributed by atoms with Gasteiger partial charge in [0, 0.05) is 18.1 Å². The number of anilines is 1. The number of oxime groups is 1. The molecule has 1 saturated heterocycles. The fourth-order valence-corrected chi connectivity index (χ4v) is 2.25. The number of ether oxygens (including phenoxy) is 1. The summed E-state index contributed by atoms with van der Waals surface area (Å²) in [5, 5.41) is 11.5. The number of aromatic nitrogens is 2. The summed E-state index contributed by atoms with van der Waals surface area (Å²) in [4.78, 5) is 4.99. The molecule has 1 fully saturated rings. The maximum absolute atomic E-state index is 12.4. The van der Waals surface area contributed by atoms with Gasteiger partial charge in [0.05, 0.1) is 13.2 Å². The largest absolute Gasteiger partial charge is 0.452 e. The van der Waals surface area contributed by atoms with Gasteiger partial charge in [0.15, 0.2) is 5.84 Å². The maximum Gasteiger partial charge on any atom is 0.452 e. The summed E-state index contributed by atoms with van der Waals surface area (Å²) in [7, 11) is 0. The third-order valence-corrected chi connectivity index (χ3v) is 3.23. The molecule has 7 nitrogen and oxygen atoms in total. The highest BCUT2D eigenvalue weighted by atomic mass is 32.1. The Kier molecular flexibility index (Phi) is 3.75. The van der Waals surface area contributed by atoms with Crippen molar-refractivity contribution in [2.45, 2.75) is 12.3 Å². The second-order valence-corrected chi connectivity index (χ2v) is 4.46. The fraction of sp³-hybridized carbons (Fsp3) is 0.625. The van der Waals surface area contributed by atoms with E-state index in [4.69, 9.17) is 15.7 Å². The first-order valence-electron chi connectivity index (χ1n) is 5.16. The van der Waals surface area contributed by atoms with Gasteiger partial charge in [-0.1, -0.05) is 5.16 Å². The van der Waals surface area contributed by atoms with Crippen LogP contribution in [0.3, 0.4) is 0 Å². The Labute approximate surface area is 109 Å². The first kappa shape index (κ1) is 13.8. The molecule has 1 unspecified atom stereocenters. The maximum atomic E-state index is 12.4. The topological polar surface area (TPSA) is 96.9 Å². The Bertz CT molecular complexity index is 477. The number of amidine groups is 1. The summed E-state index contributed by atoms with van der Waals surface area (Å²) in [6, 6.07) is 0. The van der Waals surface area contributed by atoms with Gasteiger partial charge in [-0.05, 0) is 0 Å². The monoisotopic (exact) mass is 297 g/mol. The molecule has 1 aromatic heterocycles. The van der Waals surface area contributed by atoms with Gasteiger partial charge >= 0.3 is 6.18 Å². The van der Waals surface area contributed by atoms with Crippen molar-refractivity contribution in [3.8, 4) is 0 Å². The lowest BCUT2D eigenvalue weighted by Crippen LogP contribution is -2.48. The molecule has 0 saturated carbocycles. The number of morpholine rings is 1. The van der Waals surface area contributed by atoms with E-state index in [9.17, 15) is 13.2 Å². The van der Waals surface area contributed by atoms with Crippen molar-refractivity contribution in [2.75, 3.05) is 24.6 Å². The zero-order chi connectivity index (χ0) is 14.0. The second kappa shape index (κ2) is 5.17. The van der Waals surface area contributed by atoms with Crippen molar-refractivity contribution in [2.24, 2.45) is 10.9 Å². The van der Waals surface area contributed by atoms with Crippen molar-refractivity contribution < 1.29 is 23.1 Å². The minimum Gasteiger partial charge on any atom is -0.409 e. The molecule has 1 aliphatic heterocycles. The molecule has 11 heteroatoms. The summed E-state index contributed by atoms with van der Waals surface area (Å²) in [5.74, 6) is -1.30. The minimum absolute atomic E-state index is 0.131. The predicted molar refractivity (Wildman–Crippen MR) is 60.3 cm³/mol. The molecule has 3 N–H and O–H groups in total. The molecule has 0 amide bonds. The number of halogens is 3. The van der Waals surface area contributed by atoms with Crippen LogP contribution >= 0.6 is 11.5 Å². The SMILES string of the molecule is NC(=NO)C1CN(c2nc(C(F)(F)F)ns2)CCO1. The zero-order valence-electron chi connectivity index (χ0n) is 9.46. The van der Waals surface area contributed by atoms with E-state index in [1.54, 1.807) is 4.90 Å². The summed E-state index contributed by atoms with van der Waals surface area (Å²) in [5.41, 5.74) is 5.40. The van der Waals surface area contributed by atoms with Crippen molar-refractivity contribution in [1.82, 2.24) is 9.36 Å². The predicted octanol–water partition coefficient (Wildman–Crippen LogP) is 0.508. The summed E-state index contributed by atoms with van der Waals surface area (Å²) >= 11 is 0.650. The summed E-state index contributed by atoms with van der Waals surface area (Å²) in [6.07, 6.45) is -5.25. The van der Waals surface area contributed by atoms with Gasteiger partial charge in [-0.15, -0.1) is 0 Å². The van der Waals surface area contributed by atoms with Gasteiger partial charge in [-0.25, -0.2) is 0 Å². The lowest BCUT2D eigenvalue weighted by atomic mass is 10.2. The lowest BCUT2D eigenvalue weighted by Gasteiger charge is -2.31. The number of hydrogen-bond donors (Lipinski definition) is 2. The van der Waals surface area contributed by atoms with Gasteiger partial charge in [0.25, 0.3) is 0 Å². The number of rotatable bonds is 2. The standard InChI is InChI=1S/C8H10F3N5O2S/c9-8(10,11)6-13-7(19-15-6)16-1-2-18-4(3-16)5(12)14-17/h4,17H,1-3H2,(H2,12,14). The lowest BCUT2D eigenvalue weighted by molar-refractivity contribution is -0.144. The normalized spacial score (nSPS) is 21.7. The molecule has 106 valence electrons. The first-order chi connectivity index (χ1) is 8.91. The van der Waals surface area contributed by atoms with Gasteiger partial charge in [-0.3, -0.25) is 0 Å². The van der Waals surface area contributed by atoms with Crippen LogP contribution < -0.4 is 10.6 Å². The molecule has 0 spiro atoms. The van der Waals surface area contributed by atoms with Crippen molar-refractivity contribution in [3.05, 3.63) is 5.82 Å². The number of nitrogens with zero attached hydrogens (tertiary/aromatic N) is 4. The molecule has 0 bridgehead atoms. The van der Waals surface area contributed by atoms with E-state index in [0.717, 1.165) is 0 Å². The second-order valence-electron chi connectivity index (χ2n) is 3.73. The third kappa shape index (κ3) is 3.04. The zero-order valence-corrected chi connectivity index (χ0v) is 10.3. The quantitative estimate of drug-likeness (QED) is 0.357. The fourth-order valence-electron chi connectivity index (χ4n) is 1.53. The van der Waals surface area contributed by atoms with Crippen molar-refractivity contribution in [3.63, 3.8) is 0 Å². The number of nitrogens with two attached hydrogens (primary N) is 1. The van der Waals surface area contributed by atoms with Crippen LogP contribution in [0, 0.1) is 0 Å². The molecule has 0 aromatic carbocycles. The number of alkyl halides is 3. The molecule has 2 rings (SSSR count). The summed E-state index contributed by atoms with van der Waals surface area (Å²) < 4.78 is 45.7. The average molecular weight is 297 g/mol. The van der Waals surface area contributed by atoms with Gasteiger partial charge in [-0.2, -0.15) is 22.5 Å². The summed E-state index contributed by atoms with van der Waals surface area (Å²) in [6.45, 7) is 0.756. The molecular formula is C8H10F3N5O2S. The molecule has 1 aliphatic rings. The van der Waals surface area contributed by atoms with E-state index >= 15 is 0 Å². The Balaban J connectivity index is 2.11. The van der Waals surface area contributed by atoms with Crippen molar-refractivity contribution in [1.29, 1.82) is 0 Å². The average Bonchev–Trinajstić information content (AvgIpc) is 2.87. The number of hydrogen-bond acceptors (Lipinski definition) is 7. The Morgan fingerprint density at radius 3 is 2.89 bits per heavy atom. The third-order valence-electron chi connectivity index (χ3n) is 2.45. The molecule has 1 aromatic rings. The molecule has 2 heterocycles. The highest BCUT2D eigenvalue weighted by Gasteiger charge is 2.37. The Morgan fingerprint density at radius 2 is 2.32 bits per heavy atom. The van der Waals surface area contributed by atoms with Crippen LogP contribution in [0.15, 0.2) is 5.16 Å². The molecule has 0 aliphatic carbocycles. The van der Waals surface area contributed by atoms with Crippen LogP contribution in [-0.2, 0) is 10.9 Å². The molecule has 19 heavy (non-hydrogen) atoms. The van der Waals surface area contributed by atoms with E-state index in [2.05, 4.69) is 14.5 Å². The molecular weight excluding hydrogens is 287 g/mol. The van der Waals surface area contributed by atoms with Gasteiger partial charge in [0.1, 0.15) is 6.10 Å². The van der Waals surface area contributed by atoms with Crippen LogP contribution in [-0.4, -0.2) is 46.2 Å². The van der Waals surface area contributed by atoms with E-state index in [1.165, 1.54) is 0 Å². The van der Waals surface area contributed by atoms with Crippen LogP contribution in [0.1, 0.15) is 5.82 Å². The highest BCUT2D eigenvalue weighted by molar-refractivity contribution is 7.09. The minimum atomic E-state index is -4.56. The highest BCUT2D eigenvalue weighted by Crippen LogP contribution is 2.30. The van der Waals surface area contributed by atoms with E-state index in [1.807, 2.05) is 0 Å². The van der Waals surface area contributed by atoms with Gasteiger partial charge < -0.3 is 20.6 Å². The Morgan fingerprint density at radius 1 is 1.58 bits per heavy atom. The van der Waals surface area contributed by atoms with Crippen LogP contribution in [0.5, 0.6) is 0 Å². The van der Waals surface area contributed by atoms with Crippen LogP contribution in [0.2, 0.25) is 0 Å². The van der Waals surface area contributed by atoms with E-state index in [0.29, 0.717) is 18.1 Å². The van der Waals surface area contributed by atoms with E-state index < -0.39 is 18.1 Å². The van der Waals surface area contributed by atoms with Crippen LogP contribution in [0.4, 0.5) is 18.3 Å². The van der Waals surface area contributed by atoms with E-state index in [-0.39, 0.29) is 24.1 Å².